The van der Waals surface area contributed by atoms with E-state index in [-0.39, 0.29) is 12.5 Å². The standard InChI is InChI=1S/C26H29N7O6/c1-14(34)29-22-18(30-26(27)28)11-21(25(37)38)39-24(22)23(36)20(35)13-33-12-19(31-32-33)17-9-7-16(8-10-17)15-5-3-2-4-6-15/h2-12,18,20,22-24,35-36H,13H2,1H3,(H,29,34)(H,37,38)(H4,27,28,30)/t18-,20+,22+,23+,24+/m0/s1. The van der Waals surface area contributed by atoms with E-state index in [0.717, 1.165) is 22.8 Å². The number of carboxylic acids is 1. The number of nitrogens with one attached hydrogen (secondary N) is 1. The number of amides is 1. The number of aliphatic hydroxyl groups is 2. The molecular formula is C26H29N7O6. The second kappa shape index (κ2) is 11.8. The summed E-state index contributed by atoms with van der Waals surface area (Å²) in [6.07, 6.45) is -1.84. The van der Waals surface area contributed by atoms with Crippen molar-refractivity contribution in [3.8, 4) is 22.4 Å². The third-order valence-electron chi connectivity index (χ3n) is 6.12. The smallest absolute Gasteiger partial charge is 0.370 e. The van der Waals surface area contributed by atoms with Gasteiger partial charge in [-0.3, -0.25) is 4.79 Å². The Kier molecular flexibility index (Phi) is 8.22. The molecule has 0 saturated heterocycles. The van der Waals surface area contributed by atoms with Crippen molar-refractivity contribution in [3.05, 3.63) is 72.6 Å². The maximum absolute atomic E-state index is 11.8. The van der Waals surface area contributed by atoms with Crippen LogP contribution in [0.4, 0.5) is 0 Å². The van der Waals surface area contributed by atoms with Crippen LogP contribution in [0.5, 0.6) is 0 Å². The van der Waals surface area contributed by atoms with Gasteiger partial charge in [0.15, 0.2) is 5.96 Å². The largest absolute Gasteiger partial charge is 0.478 e. The van der Waals surface area contributed by atoms with Crippen molar-refractivity contribution >= 4 is 17.8 Å². The summed E-state index contributed by atoms with van der Waals surface area (Å²) < 4.78 is 6.80. The van der Waals surface area contributed by atoms with Gasteiger partial charge in [0.2, 0.25) is 11.7 Å². The van der Waals surface area contributed by atoms with Gasteiger partial charge in [0.25, 0.3) is 0 Å². The topological polar surface area (TPSA) is 211 Å². The Labute approximate surface area is 223 Å². The number of guanidine groups is 1. The number of hydrogen-bond donors (Lipinski definition) is 6. The van der Waals surface area contributed by atoms with E-state index in [2.05, 4.69) is 20.6 Å². The summed E-state index contributed by atoms with van der Waals surface area (Å²) in [5.41, 5.74) is 14.4. The van der Waals surface area contributed by atoms with E-state index >= 15 is 0 Å². The molecule has 0 fully saturated rings. The summed E-state index contributed by atoms with van der Waals surface area (Å²) in [5, 5.41) is 42.0. The first-order valence-corrected chi connectivity index (χ1v) is 12.0. The molecule has 13 heteroatoms. The Morgan fingerprint density at radius 1 is 1.08 bits per heavy atom. The fourth-order valence-corrected chi connectivity index (χ4v) is 4.31. The van der Waals surface area contributed by atoms with Crippen molar-refractivity contribution in [1.29, 1.82) is 0 Å². The number of aliphatic carboxylic acids is 1. The van der Waals surface area contributed by atoms with Gasteiger partial charge in [0.1, 0.15) is 24.0 Å². The molecule has 1 amide bonds. The average molecular weight is 536 g/mol. The van der Waals surface area contributed by atoms with Crippen LogP contribution in [0.1, 0.15) is 6.92 Å². The molecule has 13 nitrogen and oxygen atoms in total. The molecule has 8 N–H and O–H groups in total. The first kappa shape index (κ1) is 27.3. The van der Waals surface area contributed by atoms with Gasteiger partial charge in [-0.2, -0.15) is 0 Å². The van der Waals surface area contributed by atoms with E-state index in [1.54, 1.807) is 6.20 Å². The van der Waals surface area contributed by atoms with Crippen molar-refractivity contribution in [2.75, 3.05) is 0 Å². The van der Waals surface area contributed by atoms with Crippen LogP contribution in [-0.2, 0) is 20.9 Å². The molecule has 1 aliphatic heterocycles. The van der Waals surface area contributed by atoms with Gasteiger partial charge in [-0.1, -0.05) is 59.8 Å². The van der Waals surface area contributed by atoms with Gasteiger partial charge in [-0.15, -0.1) is 5.10 Å². The van der Waals surface area contributed by atoms with Crippen molar-refractivity contribution < 1.29 is 29.6 Å². The number of nitrogens with two attached hydrogens (primary N) is 2. The number of nitrogens with zero attached hydrogens (tertiary/aromatic N) is 4. The number of aliphatic imine (C=N–C) groups is 1. The molecule has 0 saturated carbocycles. The maximum Gasteiger partial charge on any atom is 0.370 e. The lowest BCUT2D eigenvalue weighted by atomic mass is 9.92. The Morgan fingerprint density at radius 3 is 2.33 bits per heavy atom. The van der Waals surface area contributed by atoms with Crippen molar-refractivity contribution in [3.63, 3.8) is 0 Å². The van der Waals surface area contributed by atoms with E-state index in [9.17, 15) is 24.9 Å². The molecule has 1 aromatic heterocycles. The Bertz CT molecular complexity index is 1370. The molecular weight excluding hydrogens is 506 g/mol. The van der Waals surface area contributed by atoms with Gasteiger partial charge < -0.3 is 36.8 Å². The third kappa shape index (κ3) is 6.58. The lowest BCUT2D eigenvalue weighted by Crippen LogP contribution is -2.59. The minimum atomic E-state index is -1.67. The number of carbonyl (C=O) groups excluding carboxylic acids is 1. The van der Waals surface area contributed by atoms with Crippen LogP contribution in [0.25, 0.3) is 22.4 Å². The monoisotopic (exact) mass is 535 g/mol. The molecule has 5 atom stereocenters. The molecule has 39 heavy (non-hydrogen) atoms. The molecule has 204 valence electrons. The molecule has 3 aromatic rings. The quantitative estimate of drug-likeness (QED) is 0.157. The summed E-state index contributed by atoms with van der Waals surface area (Å²) in [4.78, 5) is 27.4. The summed E-state index contributed by atoms with van der Waals surface area (Å²) in [7, 11) is 0. The fraction of sp³-hybridized carbons (Fsp3) is 0.269. The van der Waals surface area contributed by atoms with Crippen molar-refractivity contribution in [2.45, 2.75) is 43.9 Å². The number of aromatic nitrogens is 3. The van der Waals surface area contributed by atoms with Gasteiger partial charge in [-0.25, -0.2) is 14.5 Å². The highest BCUT2D eigenvalue weighted by atomic mass is 16.5. The predicted octanol–water partition coefficient (Wildman–Crippen LogP) is -0.152. The average Bonchev–Trinajstić information content (AvgIpc) is 3.37. The van der Waals surface area contributed by atoms with Gasteiger partial charge in [0, 0.05) is 12.5 Å². The van der Waals surface area contributed by atoms with Crippen LogP contribution >= 0.6 is 0 Å². The highest BCUT2D eigenvalue weighted by Crippen LogP contribution is 2.26. The highest BCUT2D eigenvalue weighted by molar-refractivity contribution is 5.85. The van der Waals surface area contributed by atoms with E-state index in [4.69, 9.17) is 16.2 Å². The number of rotatable bonds is 9. The van der Waals surface area contributed by atoms with E-state index in [1.807, 2.05) is 54.6 Å². The molecule has 0 spiro atoms. The second-order valence-electron chi connectivity index (χ2n) is 9.02. The van der Waals surface area contributed by atoms with Crippen LogP contribution in [0.15, 0.2) is 77.6 Å². The maximum atomic E-state index is 11.8. The number of ether oxygens (including phenoxy) is 1. The number of hydrogen-bond acceptors (Lipinski definition) is 8. The summed E-state index contributed by atoms with van der Waals surface area (Å²) in [6.45, 7) is 1.02. The van der Waals surface area contributed by atoms with Gasteiger partial charge in [0.05, 0.1) is 24.8 Å². The Hall–Kier alpha value is -4.75. The SMILES string of the molecule is CC(=O)N[C@H]1[C@H]([C@H](O)[C@H](O)Cn2cc(-c3ccc(-c4ccccc4)cc3)nn2)OC(C(=O)O)=C[C@@H]1N=C(N)N. The fourth-order valence-electron chi connectivity index (χ4n) is 4.31. The minimum Gasteiger partial charge on any atom is -0.478 e. The molecule has 0 bridgehead atoms. The zero-order valence-corrected chi connectivity index (χ0v) is 21.0. The summed E-state index contributed by atoms with van der Waals surface area (Å²) in [6, 6.07) is 15.5. The second-order valence-corrected chi connectivity index (χ2v) is 9.02. The van der Waals surface area contributed by atoms with E-state index < -0.39 is 48.0 Å². The molecule has 2 aromatic carbocycles. The van der Waals surface area contributed by atoms with Crippen LogP contribution in [-0.4, -0.2) is 78.5 Å². The number of aliphatic hydroxyl groups excluding tert-OH is 2. The predicted molar refractivity (Wildman–Crippen MR) is 141 cm³/mol. The molecule has 0 unspecified atom stereocenters. The van der Waals surface area contributed by atoms with Crippen molar-refractivity contribution in [2.24, 2.45) is 16.5 Å². The van der Waals surface area contributed by atoms with Crippen molar-refractivity contribution in [1.82, 2.24) is 20.3 Å². The third-order valence-corrected chi connectivity index (χ3v) is 6.12. The number of carboxylic acid groups (broad SMARTS) is 1. The van der Waals surface area contributed by atoms with E-state index in [0.29, 0.717) is 5.69 Å². The first-order chi connectivity index (χ1) is 18.6. The van der Waals surface area contributed by atoms with Gasteiger partial charge >= 0.3 is 5.97 Å². The Balaban J connectivity index is 1.50. The number of benzene rings is 2. The number of carbonyl (C=O) groups is 2. The molecule has 0 radical (unpaired) electrons. The molecule has 2 heterocycles. The lowest BCUT2D eigenvalue weighted by molar-refractivity contribution is -0.145. The van der Waals surface area contributed by atoms with Crippen LogP contribution < -0.4 is 16.8 Å². The molecule has 1 aliphatic rings. The normalized spacial score (nSPS) is 20.2. The summed E-state index contributed by atoms with van der Waals surface area (Å²) in [5.74, 6) is -2.83. The van der Waals surface area contributed by atoms with E-state index in [1.165, 1.54) is 11.6 Å². The zero-order chi connectivity index (χ0) is 28.1. The summed E-state index contributed by atoms with van der Waals surface area (Å²) >= 11 is 0. The van der Waals surface area contributed by atoms with Crippen LogP contribution in [0, 0.1) is 0 Å². The minimum absolute atomic E-state index is 0.206. The Morgan fingerprint density at radius 2 is 1.72 bits per heavy atom. The zero-order valence-electron chi connectivity index (χ0n) is 21.0. The highest BCUT2D eigenvalue weighted by Gasteiger charge is 2.44. The van der Waals surface area contributed by atoms with Crippen LogP contribution in [0.2, 0.25) is 0 Å². The van der Waals surface area contributed by atoms with Crippen LogP contribution in [0.3, 0.4) is 0 Å². The van der Waals surface area contributed by atoms with Gasteiger partial charge in [-0.05, 0) is 17.2 Å². The first-order valence-electron chi connectivity index (χ1n) is 12.0. The molecule has 4 rings (SSSR count). The molecule has 0 aliphatic carbocycles. The lowest BCUT2D eigenvalue weighted by Gasteiger charge is -2.38.